The van der Waals surface area contributed by atoms with E-state index < -0.39 is 10.0 Å². The minimum atomic E-state index is -3.71. The highest BCUT2D eigenvalue weighted by Crippen LogP contribution is 2.19. The molecule has 0 fully saturated rings. The molecule has 0 radical (unpaired) electrons. The van der Waals surface area contributed by atoms with Crippen LogP contribution in [-0.4, -0.2) is 13.6 Å². The molecule has 0 aliphatic carbocycles. The Labute approximate surface area is 88.9 Å². The van der Waals surface area contributed by atoms with Crippen molar-refractivity contribution < 1.29 is 13.6 Å². The van der Waals surface area contributed by atoms with Crippen LogP contribution in [0, 0.1) is 6.92 Å². The highest BCUT2D eigenvalue weighted by molar-refractivity contribution is 7.89. The Hall–Kier alpha value is -0.950. The van der Waals surface area contributed by atoms with Gasteiger partial charge in [0.2, 0.25) is 10.0 Å². The summed E-state index contributed by atoms with van der Waals surface area (Å²) in [6.07, 6.45) is 0. The van der Waals surface area contributed by atoms with E-state index in [1.807, 2.05) is 5.48 Å². The highest BCUT2D eigenvalue weighted by atomic mass is 32.2. The average molecular weight is 230 g/mol. The quantitative estimate of drug-likeness (QED) is 0.666. The number of sulfonamides is 1. The van der Waals surface area contributed by atoms with E-state index >= 15 is 0 Å². The largest absolute Gasteiger partial charge is 0.316 e. The zero-order valence-electron chi connectivity index (χ0n) is 8.56. The summed E-state index contributed by atoms with van der Waals surface area (Å²) in [5, 5.41) is 13.8. The second-order valence-corrected chi connectivity index (χ2v) is 4.95. The van der Waals surface area contributed by atoms with Crippen LogP contribution in [0.5, 0.6) is 0 Å². The summed E-state index contributed by atoms with van der Waals surface area (Å²) in [7, 11) is -3.71. The number of benzene rings is 1. The number of aryl methyl sites for hydroxylation is 1. The molecule has 0 spiro atoms. The maximum Gasteiger partial charge on any atom is 0.238 e. The van der Waals surface area contributed by atoms with Crippen LogP contribution in [0.1, 0.15) is 24.1 Å². The van der Waals surface area contributed by atoms with Crippen molar-refractivity contribution in [1.29, 1.82) is 0 Å². The number of nitrogens with one attached hydrogen (secondary N) is 1. The second-order valence-electron chi connectivity index (χ2n) is 3.42. The van der Waals surface area contributed by atoms with Crippen LogP contribution >= 0.6 is 0 Å². The number of primary sulfonamides is 1. The molecule has 0 aliphatic heterocycles. The fourth-order valence-corrected chi connectivity index (χ4v) is 2.08. The predicted octanol–water partition coefficient (Wildman–Crippen LogP) is 0.682. The standard InChI is InChI=1S/C9H14N2O3S/c1-6-3-4-8(7(2)11-12)5-9(6)15(10,13)14/h3-5,7,11-12H,1-2H3,(H2,10,13,14). The first-order valence-corrected chi connectivity index (χ1v) is 5.94. The van der Waals surface area contributed by atoms with Crippen molar-refractivity contribution in [3.63, 3.8) is 0 Å². The molecule has 6 heteroatoms. The molecule has 0 heterocycles. The van der Waals surface area contributed by atoms with Gasteiger partial charge in [-0.3, -0.25) is 0 Å². The van der Waals surface area contributed by atoms with Crippen LogP contribution in [0.25, 0.3) is 0 Å². The van der Waals surface area contributed by atoms with Gasteiger partial charge in [0.25, 0.3) is 0 Å². The lowest BCUT2D eigenvalue weighted by Crippen LogP contribution is -2.17. The van der Waals surface area contributed by atoms with Crippen molar-refractivity contribution in [2.45, 2.75) is 24.8 Å². The van der Waals surface area contributed by atoms with Gasteiger partial charge in [0.05, 0.1) is 10.9 Å². The van der Waals surface area contributed by atoms with Gasteiger partial charge in [0, 0.05) is 0 Å². The molecule has 5 nitrogen and oxygen atoms in total. The van der Waals surface area contributed by atoms with Gasteiger partial charge in [-0.15, -0.1) is 0 Å². The van der Waals surface area contributed by atoms with Crippen molar-refractivity contribution in [2.75, 3.05) is 0 Å². The van der Waals surface area contributed by atoms with Crippen molar-refractivity contribution in [3.8, 4) is 0 Å². The smallest absolute Gasteiger partial charge is 0.238 e. The zero-order chi connectivity index (χ0) is 11.6. The van der Waals surface area contributed by atoms with Crippen LogP contribution < -0.4 is 10.6 Å². The summed E-state index contributed by atoms with van der Waals surface area (Å²) in [5.41, 5.74) is 3.29. The third kappa shape index (κ3) is 2.75. The number of hydrogen-bond acceptors (Lipinski definition) is 4. The van der Waals surface area contributed by atoms with Crippen molar-refractivity contribution in [2.24, 2.45) is 5.14 Å². The van der Waals surface area contributed by atoms with Crippen molar-refractivity contribution in [3.05, 3.63) is 29.3 Å². The maximum atomic E-state index is 11.2. The SMILES string of the molecule is Cc1ccc(C(C)NO)cc1S(N)(=O)=O. The fraction of sp³-hybridized carbons (Fsp3) is 0.333. The van der Waals surface area contributed by atoms with Crippen LogP contribution in [-0.2, 0) is 10.0 Å². The molecule has 0 saturated heterocycles. The lowest BCUT2D eigenvalue weighted by molar-refractivity contribution is 0.133. The average Bonchev–Trinajstić information content (AvgIpc) is 2.15. The number of hydroxylamine groups is 1. The van der Waals surface area contributed by atoms with Gasteiger partial charge in [0.15, 0.2) is 0 Å². The highest BCUT2D eigenvalue weighted by Gasteiger charge is 2.14. The Bertz CT molecular complexity index is 456. The van der Waals surface area contributed by atoms with Crippen molar-refractivity contribution >= 4 is 10.0 Å². The molecule has 15 heavy (non-hydrogen) atoms. The Morgan fingerprint density at radius 3 is 2.53 bits per heavy atom. The molecule has 1 atom stereocenters. The molecule has 0 aliphatic rings. The molecule has 4 N–H and O–H groups in total. The van der Waals surface area contributed by atoms with E-state index in [1.165, 1.54) is 6.07 Å². The summed E-state index contributed by atoms with van der Waals surface area (Å²) in [5.74, 6) is 0. The van der Waals surface area contributed by atoms with E-state index in [0.717, 1.165) is 0 Å². The summed E-state index contributed by atoms with van der Waals surface area (Å²) < 4.78 is 22.4. The minimum absolute atomic E-state index is 0.0853. The van der Waals surface area contributed by atoms with Gasteiger partial charge in [-0.1, -0.05) is 12.1 Å². The van der Waals surface area contributed by atoms with Gasteiger partial charge >= 0.3 is 0 Å². The predicted molar refractivity (Wildman–Crippen MR) is 55.9 cm³/mol. The third-order valence-corrected chi connectivity index (χ3v) is 3.27. The molecular formula is C9H14N2O3S. The van der Waals surface area contributed by atoms with Crippen LogP contribution in [0.2, 0.25) is 0 Å². The zero-order valence-corrected chi connectivity index (χ0v) is 9.38. The third-order valence-electron chi connectivity index (χ3n) is 2.21. The monoisotopic (exact) mass is 230 g/mol. The summed E-state index contributed by atoms with van der Waals surface area (Å²) in [6, 6.07) is 4.51. The van der Waals surface area contributed by atoms with Gasteiger partial charge in [-0.2, -0.15) is 5.48 Å². The molecule has 0 saturated carbocycles. The van der Waals surface area contributed by atoms with Crippen LogP contribution in [0.3, 0.4) is 0 Å². The van der Waals surface area contributed by atoms with Gasteiger partial charge in [0.1, 0.15) is 0 Å². The van der Waals surface area contributed by atoms with Crippen molar-refractivity contribution in [1.82, 2.24) is 5.48 Å². The lowest BCUT2D eigenvalue weighted by atomic mass is 10.1. The molecule has 1 unspecified atom stereocenters. The first-order valence-electron chi connectivity index (χ1n) is 4.39. The molecule has 1 aromatic rings. The second kappa shape index (κ2) is 4.28. The Balaban J connectivity index is 3.29. The first kappa shape index (κ1) is 12.1. The lowest BCUT2D eigenvalue weighted by Gasteiger charge is -2.11. The molecular weight excluding hydrogens is 216 g/mol. The van der Waals surface area contributed by atoms with E-state index in [1.54, 1.807) is 26.0 Å². The number of rotatable bonds is 3. The van der Waals surface area contributed by atoms with Gasteiger partial charge in [-0.25, -0.2) is 13.6 Å². The summed E-state index contributed by atoms with van der Waals surface area (Å²) >= 11 is 0. The Kier molecular flexibility index (Phi) is 3.46. The molecule has 84 valence electrons. The van der Waals surface area contributed by atoms with Gasteiger partial charge < -0.3 is 5.21 Å². The molecule has 0 aromatic heterocycles. The Morgan fingerprint density at radius 2 is 2.07 bits per heavy atom. The van der Waals surface area contributed by atoms with Gasteiger partial charge in [-0.05, 0) is 31.0 Å². The van der Waals surface area contributed by atoms with E-state index in [0.29, 0.717) is 11.1 Å². The van der Waals surface area contributed by atoms with E-state index in [-0.39, 0.29) is 10.9 Å². The molecule has 0 bridgehead atoms. The number of nitrogens with two attached hydrogens (primary N) is 1. The molecule has 1 aromatic carbocycles. The van der Waals surface area contributed by atoms with E-state index in [9.17, 15) is 8.42 Å². The normalized spacial score (nSPS) is 13.9. The molecule has 1 rings (SSSR count). The minimum Gasteiger partial charge on any atom is -0.316 e. The Morgan fingerprint density at radius 1 is 1.47 bits per heavy atom. The van der Waals surface area contributed by atoms with E-state index in [2.05, 4.69) is 0 Å². The fourth-order valence-electron chi connectivity index (χ4n) is 1.27. The number of hydrogen-bond donors (Lipinski definition) is 3. The summed E-state index contributed by atoms with van der Waals surface area (Å²) in [4.78, 5) is 0.0853. The topological polar surface area (TPSA) is 92.4 Å². The summed E-state index contributed by atoms with van der Waals surface area (Å²) in [6.45, 7) is 3.37. The molecule has 0 amide bonds. The maximum absolute atomic E-state index is 11.2. The van der Waals surface area contributed by atoms with Crippen LogP contribution in [0.4, 0.5) is 0 Å². The van der Waals surface area contributed by atoms with Crippen LogP contribution in [0.15, 0.2) is 23.1 Å². The first-order chi connectivity index (χ1) is 6.86. The van der Waals surface area contributed by atoms with E-state index in [4.69, 9.17) is 10.3 Å².